The molecule has 1 unspecified atom stereocenters. The van der Waals surface area contributed by atoms with Gasteiger partial charge in [-0.25, -0.2) is 0 Å². The van der Waals surface area contributed by atoms with Crippen LogP contribution in [0.2, 0.25) is 0 Å². The molecule has 0 saturated heterocycles. The van der Waals surface area contributed by atoms with E-state index in [-0.39, 0.29) is 11.5 Å². The smallest absolute Gasteiger partial charge is 0.122 e. The second-order valence-corrected chi connectivity index (χ2v) is 5.27. The Morgan fingerprint density at radius 2 is 1.88 bits per heavy atom. The van der Waals surface area contributed by atoms with E-state index in [0.717, 1.165) is 11.3 Å². The summed E-state index contributed by atoms with van der Waals surface area (Å²) >= 11 is 0. The topological polar surface area (TPSA) is 44.5 Å². The van der Waals surface area contributed by atoms with Gasteiger partial charge in [0.25, 0.3) is 0 Å². The fourth-order valence-corrected chi connectivity index (χ4v) is 1.82. The van der Waals surface area contributed by atoms with Gasteiger partial charge in [-0.15, -0.1) is 0 Å². The van der Waals surface area contributed by atoms with Crippen LogP contribution in [0.15, 0.2) is 18.2 Å². The van der Waals surface area contributed by atoms with Gasteiger partial charge in [-0.1, -0.05) is 26.8 Å². The van der Waals surface area contributed by atoms with Gasteiger partial charge in [0.05, 0.1) is 19.8 Å². The maximum absolute atomic E-state index is 6.04. The van der Waals surface area contributed by atoms with E-state index >= 15 is 0 Å². The van der Waals surface area contributed by atoms with Crippen LogP contribution >= 0.6 is 0 Å². The molecule has 0 aliphatic heterocycles. The van der Waals surface area contributed by atoms with Crippen molar-refractivity contribution in [3.8, 4) is 5.75 Å². The molecule has 96 valence electrons. The molecule has 0 saturated carbocycles. The van der Waals surface area contributed by atoms with Gasteiger partial charge in [-0.2, -0.15) is 0 Å². The Bertz CT molecular complexity index is 369. The van der Waals surface area contributed by atoms with Gasteiger partial charge < -0.3 is 15.2 Å². The number of rotatable bonds is 4. The highest BCUT2D eigenvalue weighted by atomic mass is 16.5. The maximum Gasteiger partial charge on any atom is 0.122 e. The van der Waals surface area contributed by atoms with E-state index in [1.807, 2.05) is 12.1 Å². The van der Waals surface area contributed by atoms with Crippen molar-refractivity contribution in [2.45, 2.75) is 32.2 Å². The van der Waals surface area contributed by atoms with E-state index in [1.54, 1.807) is 14.2 Å². The fourth-order valence-electron chi connectivity index (χ4n) is 1.82. The van der Waals surface area contributed by atoms with E-state index < -0.39 is 0 Å². The molecule has 3 heteroatoms. The number of ether oxygens (including phenoxy) is 2. The van der Waals surface area contributed by atoms with Gasteiger partial charge in [-0.05, 0) is 28.7 Å². The molecule has 2 N–H and O–H groups in total. The monoisotopic (exact) mass is 237 g/mol. The summed E-state index contributed by atoms with van der Waals surface area (Å²) in [4.78, 5) is 0. The Kier molecular flexibility index (Phi) is 4.54. The first-order chi connectivity index (χ1) is 7.90. The van der Waals surface area contributed by atoms with Crippen LogP contribution in [0, 0.1) is 0 Å². The third-order valence-corrected chi connectivity index (χ3v) is 2.81. The molecule has 1 aromatic rings. The summed E-state index contributed by atoms with van der Waals surface area (Å²) in [6, 6.07) is 6.00. The molecule has 0 heterocycles. The van der Waals surface area contributed by atoms with E-state index in [9.17, 15) is 0 Å². The predicted octanol–water partition coefficient (Wildman–Crippen LogP) is 2.64. The van der Waals surface area contributed by atoms with Crippen LogP contribution in [0.5, 0.6) is 5.75 Å². The van der Waals surface area contributed by atoms with E-state index in [0.29, 0.717) is 6.61 Å². The summed E-state index contributed by atoms with van der Waals surface area (Å²) in [5, 5.41) is 0. The summed E-state index contributed by atoms with van der Waals surface area (Å²) in [6.45, 7) is 7.01. The van der Waals surface area contributed by atoms with Crippen molar-refractivity contribution in [2.24, 2.45) is 5.73 Å². The molecule has 1 aromatic carbocycles. The Morgan fingerprint density at radius 3 is 2.35 bits per heavy atom. The van der Waals surface area contributed by atoms with Crippen molar-refractivity contribution in [3.05, 3.63) is 29.3 Å². The summed E-state index contributed by atoms with van der Waals surface area (Å²) in [5.74, 6) is 0.908. The minimum Gasteiger partial charge on any atom is -0.496 e. The Labute approximate surface area is 104 Å². The lowest BCUT2D eigenvalue weighted by Crippen LogP contribution is -2.18. The van der Waals surface area contributed by atoms with Crippen molar-refractivity contribution in [2.75, 3.05) is 20.8 Å². The van der Waals surface area contributed by atoms with Crippen LogP contribution in [0.1, 0.15) is 37.9 Å². The average molecular weight is 237 g/mol. The molecule has 1 rings (SSSR count). The minimum atomic E-state index is -0.0907. The maximum atomic E-state index is 6.04. The molecule has 0 aliphatic rings. The van der Waals surface area contributed by atoms with Crippen LogP contribution in [-0.4, -0.2) is 20.8 Å². The molecule has 0 bridgehead atoms. The quantitative estimate of drug-likeness (QED) is 0.875. The zero-order chi connectivity index (χ0) is 13.1. The normalized spacial score (nSPS) is 13.5. The van der Waals surface area contributed by atoms with Crippen molar-refractivity contribution in [1.29, 1.82) is 0 Å². The standard InChI is InChI=1S/C14H23NO2/c1-14(2,3)11-8-10(12(15)9-16-4)6-7-13(11)17-5/h6-8,12H,9,15H2,1-5H3. The fraction of sp³-hybridized carbons (Fsp3) is 0.571. The van der Waals surface area contributed by atoms with E-state index in [4.69, 9.17) is 15.2 Å². The lowest BCUT2D eigenvalue weighted by atomic mass is 9.84. The van der Waals surface area contributed by atoms with Crippen LogP contribution in [0.3, 0.4) is 0 Å². The van der Waals surface area contributed by atoms with Gasteiger partial charge in [0.2, 0.25) is 0 Å². The molecule has 3 nitrogen and oxygen atoms in total. The number of methoxy groups -OCH3 is 2. The number of nitrogens with two attached hydrogens (primary N) is 1. The third kappa shape index (κ3) is 3.45. The summed E-state index contributed by atoms with van der Waals surface area (Å²) in [7, 11) is 3.35. The average Bonchev–Trinajstić information content (AvgIpc) is 2.27. The van der Waals surface area contributed by atoms with Crippen molar-refractivity contribution < 1.29 is 9.47 Å². The van der Waals surface area contributed by atoms with Gasteiger partial charge in [-0.3, -0.25) is 0 Å². The van der Waals surface area contributed by atoms with E-state index in [2.05, 4.69) is 26.8 Å². The highest BCUT2D eigenvalue weighted by molar-refractivity contribution is 5.42. The number of benzene rings is 1. The minimum absolute atomic E-state index is 0.0359. The lowest BCUT2D eigenvalue weighted by molar-refractivity contribution is 0.181. The molecular weight excluding hydrogens is 214 g/mol. The number of hydrogen-bond donors (Lipinski definition) is 1. The molecule has 0 radical (unpaired) electrons. The molecular formula is C14H23NO2. The Hall–Kier alpha value is -1.06. The molecule has 17 heavy (non-hydrogen) atoms. The highest BCUT2D eigenvalue weighted by Gasteiger charge is 2.20. The second kappa shape index (κ2) is 5.52. The molecule has 0 amide bonds. The van der Waals surface area contributed by atoms with Crippen LogP contribution < -0.4 is 10.5 Å². The highest BCUT2D eigenvalue weighted by Crippen LogP contribution is 2.33. The first-order valence-corrected chi connectivity index (χ1v) is 5.83. The summed E-state index contributed by atoms with van der Waals surface area (Å²) < 4.78 is 10.5. The largest absolute Gasteiger partial charge is 0.496 e. The molecule has 0 spiro atoms. The van der Waals surface area contributed by atoms with Gasteiger partial charge in [0.1, 0.15) is 5.75 Å². The zero-order valence-electron chi connectivity index (χ0n) is 11.4. The summed E-state index contributed by atoms with van der Waals surface area (Å²) in [6.07, 6.45) is 0. The third-order valence-electron chi connectivity index (χ3n) is 2.81. The van der Waals surface area contributed by atoms with Crippen LogP contribution in [-0.2, 0) is 10.2 Å². The van der Waals surface area contributed by atoms with Crippen molar-refractivity contribution in [1.82, 2.24) is 0 Å². The molecule has 0 aromatic heterocycles. The second-order valence-electron chi connectivity index (χ2n) is 5.27. The zero-order valence-corrected chi connectivity index (χ0v) is 11.4. The first-order valence-electron chi connectivity index (χ1n) is 5.83. The Morgan fingerprint density at radius 1 is 1.24 bits per heavy atom. The molecule has 1 atom stereocenters. The van der Waals surface area contributed by atoms with Gasteiger partial charge >= 0.3 is 0 Å². The number of hydrogen-bond acceptors (Lipinski definition) is 3. The van der Waals surface area contributed by atoms with Gasteiger partial charge in [0.15, 0.2) is 0 Å². The lowest BCUT2D eigenvalue weighted by Gasteiger charge is -2.24. The van der Waals surface area contributed by atoms with Crippen LogP contribution in [0.4, 0.5) is 0 Å². The predicted molar refractivity (Wildman–Crippen MR) is 70.5 cm³/mol. The SMILES string of the molecule is COCC(N)c1ccc(OC)c(C(C)(C)C)c1. The van der Waals surface area contributed by atoms with Crippen LogP contribution in [0.25, 0.3) is 0 Å². The molecule has 0 aliphatic carbocycles. The summed E-state index contributed by atoms with van der Waals surface area (Å²) in [5.41, 5.74) is 8.33. The van der Waals surface area contributed by atoms with Crippen molar-refractivity contribution in [3.63, 3.8) is 0 Å². The van der Waals surface area contributed by atoms with E-state index in [1.165, 1.54) is 5.56 Å². The first kappa shape index (κ1) is 14.0. The Balaban J connectivity index is 3.13. The van der Waals surface area contributed by atoms with Crippen molar-refractivity contribution >= 4 is 0 Å². The molecule has 0 fully saturated rings. The van der Waals surface area contributed by atoms with Gasteiger partial charge in [0, 0.05) is 7.11 Å².